The number of benzene rings is 2. The number of hydrogen-bond acceptors (Lipinski definition) is 5. The van der Waals surface area contributed by atoms with Crippen molar-refractivity contribution in [1.29, 1.82) is 5.26 Å². The van der Waals surface area contributed by atoms with Crippen LogP contribution in [0.4, 0.5) is 0 Å². The predicted octanol–water partition coefficient (Wildman–Crippen LogP) is 2.22. The van der Waals surface area contributed by atoms with Crippen molar-refractivity contribution in [2.24, 2.45) is 0 Å². The lowest BCUT2D eigenvalue weighted by Crippen LogP contribution is -2.38. The molecule has 3 aromatic rings. The number of nitriles is 1. The number of para-hydroxylation sites is 1. The van der Waals surface area contributed by atoms with Crippen LogP contribution >= 0.6 is 0 Å². The Morgan fingerprint density at radius 1 is 1.26 bits per heavy atom. The summed E-state index contributed by atoms with van der Waals surface area (Å²) in [4.78, 5) is 33.2. The van der Waals surface area contributed by atoms with Crippen molar-refractivity contribution < 1.29 is 9.53 Å². The molecule has 1 atom stereocenters. The molecular weight excluding hydrogens is 344 g/mol. The van der Waals surface area contributed by atoms with Crippen molar-refractivity contribution in [2.45, 2.75) is 19.6 Å². The van der Waals surface area contributed by atoms with Gasteiger partial charge in [-0.25, -0.2) is 4.98 Å². The third-order valence-corrected chi connectivity index (χ3v) is 4.07. The summed E-state index contributed by atoms with van der Waals surface area (Å²) in [7, 11) is 1.62. The molecule has 136 valence electrons. The number of aromatic nitrogens is 2. The molecule has 1 N–H and O–H groups in total. The number of likely N-dealkylation sites (N-methyl/N-ethyl adjacent to an activating group) is 1. The van der Waals surface area contributed by atoms with Crippen LogP contribution in [0.3, 0.4) is 0 Å². The summed E-state index contributed by atoms with van der Waals surface area (Å²) in [6.45, 7) is 1.80. The van der Waals surface area contributed by atoms with Crippen LogP contribution < -0.4 is 10.3 Å². The Bertz CT molecular complexity index is 1070. The second-order valence-corrected chi connectivity index (χ2v) is 6.12. The summed E-state index contributed by atoms with van der Waals surface area (Å²) < 4.78 is 5.64. The molecule has 0 spiro atoms. The molecule has 0 unspecified atom stereocenters. The molecular formula is C20H18N4O3. The maximum atomic E-state index is 12.6. The average Bonchev–Trinajstić information content (AvgIpc) is 2.68. The van der Waals surface area contributed by atoms with Crippen LogP contribution in [0.1, 0.15) is 18.3 Å². The molecule has 0 aliphatic heterocycles. The van der Waals surface area contributed by atoms with Crippen molar-refractivity contribution in [3.05, 3.63) is 70.3 Å². The molecule has 0 aliphatic rings. The van der Waals surface area contributed by atoms with Crippen LogP contribution in [-0.2, 0) is 11.3 Å². The Labute approximate surface area is 155 Å². The van der Waals surface area contributed by atoms with Crippen LogP contribution in [0, 0.1) is 11.3 Å². The minimum Gasteiger partial charge on any atom is -0.481 e. The van der Waals surface area contributed by atoms with E-state index >= 15 is 0 Å². The van der Waals surface area contributed by atoms with E-state index < -0.39 is 6.10 Å². The molecule has 0 radical (unpaired) electrons. The predicted molar refractivity (Wildman–Crippen MR) is 100 cm³/mol. The Hall–Kier alpha value is -3.66. The van der Waals surface area contributed by atoms with Crippen LogP contribution in [0.15, 0.2) is 53.3 Å². The van der Waals surface area contributed by atoms with Crippen LogP contribution in [0.25, 0.3) is 10.9 Å². The van der Waals surface area contributed by atoms with Gasteiger partial charge in [0.1, 0.15) is 11.6 Å². The van der Waals surface area contributed by atoms with E-state index in [0.29, 0.717) is 28.0 Å². The summed E-state index contributed by atoms with van der Waals surface area (Å²) in [6, 6.07) is 15.6. The van der Waals surface area contributed by atoms with E-state index in [2.05, 4.69) is 9.97 Å². The van der Waals surface area contributed by atoms with Crippen molar-refractivity contribution in [3.8, 4) is 11.8 Å². The number of ether oxygens (including phenoxy) is 1. The zero-order chi connectivity index (χ0) is 19.4. The fourth-order valence-electron chi connectivity index (χ4n) is 2.69. The highest BCUT2D eigenvalue weighted by molar-refractivity contribution is 5.81. The second-order valence-electron chi connectivity index (χ2n) is 6.12. The van der Waals surface area contributed by atoms with Crippen LogP contribution in [-0.4, -0.2) is 33.9 Å². The third-order valence-electron chi connectivity index (χ3n) is 4.07. The van der Waals surface area contributed by atoms with Crippen molar-refractivity contribution in [2.75, 3.05) is 7.05 Å². The van der Waals surface area contributed by atoms with Crippen LogP contribution in [0.5, 0.6) is 5.75 Å². The molecule has 1 heterocycles. The minimum absolute atomic E-state index is 0.153. The van der Waals surface area contributed by atoms with Gasteiger partial charge in [0.25, 0.3) is 11.5 Å². The lowest BCUT2D eigenvalue weighted by molar-refractivity contribution is -0.137. The molecule has 0 saturated heterocycles. The van der Waals surface area contributed by atoms with Crippen molar-refractivity contribution in [1.82, 2.24) is 14.9 Å². The molecule has 2 aromatic carbocycles. The number of rotatable bonds is 5. The van der Waals surface area contributed by atoms with Gasteiger partial charge >= 0.3 is 0 Å². The van der Waals surface area contributed by atoms with Gasteiger partial charge in [0.15, 0.2) is 6.10 Å². The van der Waals surface area contributed by atoms with Crippen molar-refractivity contribution in [3.63, 3.8) is 0 Å². The van der Waals surface area contributed by atoms with E-state index in [0.717, 1.165) is 0 Å². The topological polar surface area (TPSA) is 99.1 Å². The van der Waals surface area contributed by atoms with Gasteiger partial charge in [-0.2, -0.15) is 5.26 Å². The van der Waals surface area contributed by atoms with Gasteiger partial charge in [-0.05, 0) is 43.3 Å². The average molecular weight is 362 g/mol. The van der Waals surface area contributed by atoms with E-state index in [-0.39, 0.29) is 18.0 Å². The maximum absolute atomic E-state index is 12.6. The molecule has 1 aromatic heterocycles. The summed E-state index contributed by atoms with van der Waals surface area (Å²) in [5.41, 5.74) is 0.863. The summed E-state index contributed by atoms with van der Waals surface area (Å²) in [5.74, 6) is 0.649. The quantitative estimate of drug-likeness (QED) is 0.750. The maximum Gasteiger partial charge on any atom is 0.263 e. The Kier molecular flexibility index (Phi) is 5.18. The highest BCUT2D eigenvalue weighted by Crippen LogP contribution is 2.14. The number of H-pyrrole nitrogens is 1. The first-order valence-corrected chi connectivity index (χ1v) is 8.37. The van der Waals surface area contributed by atoms with Gasteiger partial charge in [0.2, 0.25) is 0 Å². The first kappa shape index (κ1) is 18.1. The van der Waals surface area contributed by atoms with E-state index in [1.807, 2.05) is 6.07 Å². The zero-order valence-corrected chi connectivity index (χ0v) is 15.0. The number of aromatic amines is 1. The number of carbonyl (C=O) groups is 1. The van der Waals surface area contributed by atoms with Gasteiger partial charge in [-0.3, -0.25) is 9.59 Å². The fraction of sp³-hybridized carbons (Fsp3) is 0.200. The standard InChI is InChI=1S/C20H18N4O3/c1-13(27-15-9-7-14(11-21)8-10-15)20(26)24(2)12-18-22-17-6-4-3-5-16(17)19(25)23-18/h3-10,13H,12H2,1-2H3,(H,22,23,25)/t13-/m1/s1. The first-order chi connectivity index (χ1) is 13.0. The highest BCUT2D eigenvalue weighted by atomic mass is 16.5. The molecule has 0 saturated carbocycles. The highest BCUT2D eigenvalue weighted by Gasteiger charge is 2.20. The smallest absolute Gasteiger partial charge is 0.263 e. The zero-order valence-electron chi connectivity index (χ0n) is 15.0. The lowest BCUT2D eigenvalue weighted by Gasteiger charge is -2.21. The Morgan fingerprint density at radius 2 is 1.96 bits per heavy atom. The number of fused-ring (bicyclic) bond motifs is 1. The summed E-state index contributed by atoms with van der Waals surface area (Å²) in [5, 5.41) is 9.32. The summed E-state index contributed by atoms with van der Waals surface area (Å²) >= 11 is 0. The molecule has 0 fully saturated rings. The van der Waals surface area contributed by atoms with Gasteiger partial charge in [0.05, 0.1) is 29.1 Å². The normalized spacial score (nSPS) is 11.6. The minimum atomic E-state index is -0.727. The van der Waals surface area contributed by atoms with Gasteiger partial charge in [-0.15, -0.1) is 0 Å². The molecule has 3 rings (SSSR count). The Morgan fingerprint density at radius 3 is 2.67 bits per heavy atom. The van der Waals surface area contributed by atoms with Gasteiger partial charge < -0.3 is 14.6 Å². The number of carbonyl (C=O) groups excluding carboxylic acids is 1. The first-order valence-electron chi connectivity index (χ1n) is 8.37. The lowest BCUT2D eigenvalue weighted by atomic mass is 10.2. The SMILES string of the molecule is C[C@@H](Oc1ccc(C#N)cc1)C(=O)N(C)Cc1nc2ccccc2c(=O)[nH]1. The van der Waals surface area contributed by atoms with Gasteiger partial charge in [-0.1, -0.05) is 12.1 Å². The van der Waals surface area contributed by atoms with E-state index in [4.69, 9.17) is 10.00 Å². The molecule has 0 aliphatic carbocycles. The van der Waals surface area contributed by atoms with E-state index in [1.165, 1.54) is 4.90 Å². The molecule has 27 heavy (non-hydrogen) atoms. The van der Waals surface area contributed by atoms with Gasteiger partial charge in [0, 0.05) is 7.05 Å². The molecule has 1 amide bonds. The third kappa shape index (κ3) is 4.12. The molecule has 0 bridgehead atoms. The Balaban J connectivity index is 1.69. The largest absolute Gasteiger partial charge is 0.481 e. The number of amides is 1. The number of hydrogen-bond donors (Lipinski definition) is 1. The molecule has 7 nitrogen and oxygen atoms in total. The van der Waals surface area contributed by atoms with Crippen molar-refractivity contribution >= 4 is 16.8 Å². The van der Waals surface area contributed by atoms with E-state index in [9.17, 15) is 9.59 Å². The fourth-order valence-corrected chi connectivity index (χ4v) is 2.69. The number of nitrogens with one attached hydrogen (secondary N) is 1. The number of nitrogens with zero attached hydrogens (tertiary/aromatic N) is 3. The van der Waals surface area contributed by atoms with E-state index in [1.54, 1.807) is 62.5 Å². The second kappa shape index (κ2) is 7.70. The summed E-state index contributed by atoms with van der Waals surface area (Å²) in [6.07, 6.45) is -0.727. The van der Waals surface area contributed by atoms with Crippen LogP contribution in [0.2, 0.25) is 0 Å². The monoisotopic (exact) mass is 362 g/mol. The molecule has 7 heteroatoms.